The van der Waals surface area contributed by atoms with E-state index < -0.39 is 0 Å². The van der Waals surface area contributed by atoms with Gasteiger partial charge < -0.3 is 9.64 Å². The lowest BCUT2D eigenvalue weighted by Gasteiger charge is -2.23. The van der Waals surface area contributed by atoms with Crippen LogP contribution < -0.4 is 4.74 Å². The number of carbonyl (C=O) groups is 1. The average molecular weight is 300 g/mol. The summed E-state index contributed by atoms with van der Waals surface area (Å²) in [6.07, 6.45) is 7.87. The molecule has 4 rings (SSSR count). The molecule has 1 aromatic heterocycles. The van der Waals surface area contributed by atoms with Crippen LogP contribution in [0.25, 0.3) is 0 Å². The average Bonchev–Trinajstić information content (AvgIpc) is 3.44. The van der Waals surface area contributed by atoms with Crippen LogP contribution in [-0.2, 0) is 4.79 Å². The zero-order valence-electron chi connectivity index (χ0n) is 13.2. The lowest BCUT2D eigenvalue weighted by Crippen LogP contribution is -2.37. The van der Waals surface area contributed by atoms with Crippen molar-refractivity contribution in [3.63, 3.8) is 0 Å². The lowest BCUT2D eigenvalue weighted by molar-refractivity contribution is -0.136. The molecule has 0 radical (unpaired) electrons. The van der Waals surface area contributed by atoms with E-state index in [1.54, 1.807) is 6.20 Å². The van der Waals surface area contributed by atoms with Gasteiger partial charge in [0.05, 0.1) is 12.2 Å². The minimum absolute atomic E-state index is 0.117. The summed E-state index contributed by atoms with van der Waals surface area (Å²) in [7, 11) is 0. The number of nitrogens with zero attached hydrogens (tertiary/aromatic N) is 2. The fraction of sp³-hybridized carbons (Fsp3) is 0.667. The van der Waals surface area contributed by atoms with Gasteiger partial charge in [0.25, 0.3) is 0 Å². The summed E-state index contributed by atoms with van der Waals surface area (Å²) < 4.78 is 6.06. The Labute approximate surface area is 131 Å². The third-order valence-electron chi connectivity index (χ3n) is 5.25. The molecule has 1 aromatic rings. The Hall–Kier alpha value is -1.58. The first-order chi connectivity index (χ1) is 10.7. The van der Waals surface area contributed by atoms with E-state index in [-0.39, 0.29) is 6.10 Å². The van der Waals surface area contributed by atoms with Gasteiger partial charge >= 0.3 is 0 Å². The van der Waals surface area contributed by atoms with Crippen LogP contribution in [0.2, 0.25) is 0 Å². The van der Waals surface area contributed by atoms with Crippen molar-refractivity contribution >= 4 is 5.91 Å². The van der Waals surface area contributed by atoms with Gasteiger partial charge in [-0.1, -0.05) is 0 Å². The highest BCUT2D eigenvalue weighted by Crippen LogP contribution is 2.50. The molecule has 0 spiro atoms. The molecule has 2 aliphatic carbocycles. The van der Waals surface area contributed by atoms with E-state index in [9.17, 15) is 4.79 Å². The second-order valence-corrected chi connectivity index (χ2v) is 7.10. The third kappa shape index (κ3) is 2.83. The summed E-state index contributed by atoms with van der Waals surface area (Å²) in [5.74, 6) is 2.93. The number of hydrogen-bond donors (Lipinski definition) is 0. The van der Waals surface area contributed by atoms with Gasteiger partial charge in [0.1, 0.15) is 11.9 Å². The molecule has 2 saturated carbocycles. The number of pyridine rings is 1. The van der Waals surface area contributed by atoms with E-state index in [1.165, 1.54) is 25.7 Å². The quantitative estimate of drug-likeness (QED) is 0.840. The topological polar surface area (TPSA) is 42.4 Å². The molecule has 22 heavy (non-hydrogen) atoms. The van der Waals surface area contributed by atoms with Crippen molar-refractivity contribution < 1.29 is 9.53 Å². The van der Waals surface area contributed by atoms with Gasteiger partial charge in [0, 0.05) is 25.1 Å². The SMILES string of the molecule is Cc1ncccc1OC1CCN(C(=O)C(C2CC2)C2CC2)C1. The van der Waals surface area contributed by atoms with E-state index >= 15 is 0 Å². The molecule has 3 aliphatic rings. The highest BCUT2D eigenvalue weighted by atomic mass is 16.5. The van der Waals surface area contributed by atoms with Crippen molar-refractivity contribution in [1.82, 2.24) is 9.88 Å². The van der Waals surface area contributed by atoms with Crippen LogP contribution in [0.5, 0.6) is 5.75 Å². The van der Waals surface area contributed by atoms with Crippen LogP contribution in [0.1, 0.15) is 37.8 Å². The van der Waals surface area contributed by atoms with Gasteiger partial charge in [0.2, 0.25) is 5.91 Å². The van der Waals surface area contributed by atoms with Crippen LogP contribution in [0.3, 0.4) is 0 Å². The van der Waals surface area contributed by atoms with Gasteiger partial charge in [-0.15, -0.1) is 0 Å². The number of ether oxygens (including phenoxy) is 1. The monoisotopic (exact) mass is 300 g/mol. The third-order valence-corrected chi connectivity index (χ3v) is 5.25. The Morgan fingerprint density at radius 1 is 1.27 bits per heavy atom. The number of rotatable bonds is 5. The molecule has 0 bridgehead atoms. The predicted octanol–water partition coefficient (Wildman–Crippen LogP) is 2.81. The van der Waals surface area contributed by atoms with E-state index in [1.807, 2.05) is 19.1 Å². The molecular formula is C18H24N2O2. The first kappa shape index (κ1) is 14.0. The van der Waals surface area contributed by atoms with Gasteiger partial charge in [-0.25, -0.2) is 0 Å². The van der Waals surface area contributed by atoms with Crippen LogP contribution in [-0.4, -0.2) is 35.0 Å². The molecule has 3 fully saturated rings. The van der Waals surface area contributed by atoms with Crippen molar-refractivity contribution in [2.75, 3.05) is 13.1 Å². The van der Waals surface area contributed by atoms with E-state index in [2.05, 4.69) is 9.88 Å². The molecule has 1 aliphatic heterocycles. The fourth-order valence-electron chi connectivity index (χ4n) is 3.71. The number of aromatic nitrogens is 1. The number of likely N-dealkylation sites (tertiary alicyclic amines) is 1. The Balaban J connectivity index is 1.37. The molecule has 4 heteroatoms. The molecule has 1 saturated heterocycles. The summed E-state index contributed by atoms with van der Waals surface area (Å²) in [6, 6.07) is 3.86. The van der Waals surface area contributed by atoms with E-state index in [0.29, 0.717) is 23.7 Å². The summed E-state index contributed by atoms with van der Waals surface area (Å²) in [5.41, 5.74) is 0.918. The minimum atomic E-state index is 0.117. The Morgan fingerprint density at radius 2 is 2.00 bits per heavy atom. The second kappa shape index (κ2) is 5.56. The van der Waals surface area contributed by atoms with E-state index in [0.717, 1.165) is 31.0 Å². The number of carbonyl (C=O) groups excluding carboxylic acids is 1. The molecule has 1 atom stereocenters. The number of aryl methyl sites for hydroxylation is 1. The molecule has 0 aromatic carbocycles. The van der Waals surface area contributed by atoms with Crippen molar-refractivity contribution in [2.24, 2.45) is 17.8 Å². The highest BCUT2D eigenvalue weighted by molar-refractivity contribution is 5.80. The molecule has 4 nitrogen and oxygen atoms in total. The number of hydrogen-bond acceptors (Lipinski definition) is 3. The van der Waals surface area contributed by atoms with Gasteiger partial charge in [0.15, 0.2) is 0 Å². The van der Waals surface area contributed by atoms with Crippen LogP contribution in [0.4, 0.5) is 0 Å². The van der Waals surface area contributed by atoms with Gasteiger partial charge in [-0.3, -0.25) is 9.78 Å². The predicted molar refractivity (Wildman–Crippen MR) is 83.5 cm³/mol. The summed E-state index contributed by atoms with van der Waals surface area (Å²) in [4.78, 5) is 19.1. The van der Waals surface area contributed by atoms with Crippen LogP contribution in [0, 0.1) is 24.7 Å². The standard InChI is InChI=1S/C18H24N2O2/c1-12-16(3-2-9-19-12)22-15-8-10-20(11-15)18(21)17(13-4-5-13)14-6-7-14/h2-3,9,13-15,17H,4-8,10-11H2,1H3. The van der Waals surface area contributed by atoms with Gasteiger partial charge in [-0.05, 0) is 56.6 Å². The van der Waals surface area contributed by atoms with E-state index in [4.69, 9.17) is 4.74 Å². The summed E-state index contributed by atoms with van der Waals surface area (Å²) in [6.45, 7) is 3.55. The summed E-state index contributed by atoms with van der Waals surface area (Å²) in [5, 5.41) is 0. The zero-order valence-corrected chi connectivity index (χ0v) is 13.2. The Bertz CT molecular complexity index is 554. The van der Waals surface area contributed by atoms with Crippen LogP contribution in [0.15, 0.2) is 18.3 Å². The molecular weight excluding hydrogens is 276 g/mol. The van der Waals surface area contributed by atoms with Crippen molar-refractivity contribution in [1.29, 1.82) is 0 Å². The zero-order chi connectivity index (χ0) is 15.1. The largest absolute Gasteiger partial charge is 0.487 e. The first-order valence-corrected chi connectivity index (χ1v) is 8.59. The maximum Gasteiger partial charge on any atom is 0.226 e. The normalized spacial score (nSPS) is 24.8. The van der Waals surface area contributed by atoms with Crippen LogP contribution >= 0.6 is 0 Å². The highest BCUT2D eigenvalue weighted by Gasteiger charge is 2.47. The second-order valence-electron chi connectivity index (χ2n) is 7.10. The summed E-state index contributed by atoms with van der Waals surface area (Å²) >= 11 is 0. The maximum atomic E-state index is 12.8. The molecule has 1 unspecified atom stereocenters. The Kier molecular flexibility index (Phi) is 3.55. The number of amides is 1. The minimum Gasteiger partial charge on any atom is -0.487 e. The van der Waals surface area contributed by atoms with Crippen molar-refractivity contribution in [3.8, 4) is 5.75 Å². The molecule has 0 N–H and O–H groups in total. The maximum absolute atomic E-state index is 12.8. The molecule has 2 heterocycles. The molecule has 1 amide bonds. The smallest absolute Gasteiger partial charge is 0.226 e. The van der Waals surface area contributed by atoms with Crippen molar-refractivity contribution in [3.05, 3.63) is 24.0 Å². The lowest BCUT2D eigenvalue weighted by atomic mass is 9.96. The fourth-order valence-corrected chi connectivity index (χ4v) is 3.71. The Morgan fingerprint density at radius 3 is 2.64 bits per heavy atom. The van der Waals surface area contributed by atoms with Gasteiger partial charge in [-0.2, -0.15) is 0 Å². The van der Waals surface area contributed by atoms with Crippen molar-refractivity contribution in [2.45, 2.75) is 45.1 Å². The molecule has 118 valence electrons. The first-order valence-electron chi connectivity index (χ1n) is 8.59.